The SMILES string of the molecule is CN(CCCC(=O)O)C(=O)CN(C)c1ncccn1. The smallest absolute Gasteiger partial charge is 0.303 e. The van der Waals surface area contributed by atoms with Gasteiger partial charge in [-0.05, 0) is 12.5 Å². The summed E-state index contributed by atoms with van der Waals surface area (Å²) < 4.78 is 0. The fraction of sp³-hybridized carbons (Fsp3) is 0.500. The zero-order valence-corrected chi connectivity index (χ0v) is 11.1. The maximum Gasteiger partial charge on any atom is 0.303 e. The Bertz CT molecular complexity index is 424. The monoisotopic (exact) mass is 266 g/mol. The molecule has 0 saturated carbocycles. The average molecular weight is 266 g/mol. The number of hydrogen-bond donors (Lipinski definition) is 1. The Balaban J connectivity index is 2.39. The van der Waals surface area contributed by atoms with Gasteiger partial charge in [0.2, 0.25) is 11.9 Å². The Hall–Kier alpha value is -2.18. The molecule has 1 amide bonds. The molecule has 19 heavy (non-hydrogen) atoms. The van der Waals surface area contributed by atoms with Gasteiger partial charge in [0, 0.05) is 39.5 Å². The Labute approximate surface area is 111 Å². The molecule has 0 fully saturated rings. The van der Waals surface area contributed by atoms with Crippen LogP contribution in [-0.4, -0.2) is 59.0 Å². The number of likely N-dealkylation sites (N-methyl/N-ethyl adjacent to an activating group) is 2. The molecule has 7 nitrogen and oxygen atoms in total. The Morgan fingerprint density at radius 1 is 1.26 bits per heavy atom. The van der Waals surface area contributed by atoms with E-state index >= 15 is 0 Å². The number of amides is 1. The van der Waals surface area contributed by atoms with E-state index in [2.05, 4.69) is 9.97 Å². The Kier molecular flexibility index (Phi) is 5.72. The lowest BCUT2D eigenvalue weighted by Gasteiger charge is -2.21. The van der Waals surface area contributed by atoms with Crippen LogP contribution in [0.4, 0.5) is 5.95 Å². The van der Waals surface area contributed by atoms with Gasteiger partial charge in [0.1, 0.15) is 0 Å². The minimum absolute atomic E-state index is 0.0647. The van der Waals surface area contributed by atoms with E-state index in [4.69, 9.17) is 5.11 Å². The number of carbonyl (C=O) groups excluding carboxylic acids is 1. The van der Waals surface area contributed by atoms with Crippen LogP contribution in [0, 0.1) is 0 Å². The van der Waals surface area contributed by atoms with Gasteiger partial charge in [0.05, 0.1) is 6.54 Å². The summed E-state index contributed by atoms with van der Waals surface area (Å²) in [5.74, 6) is -0.467. The maximum absolute atomic E-state index is 11.9. The molecule has 104 valence electrons. The highest BCUT2D eigenvalue weighted by atomic mass is 16.4. The van der Waals surface area contributed by atoms with Crippen molar-refractivity contribution in [3.05, 3.63) is 18.5 Å². The number of rotatable bonds is 7. The molecule has 1 N–H and O–H groups in total. The number of carboxylic acids is 1. The first kappa shape index (κ1) is 14.9. The zero-order chi connectivity index (χ0) is 14.3. The third-order valence-corrected chi connectivity index (χ3v) is 2.58. The standard InChI is InChI=1S/C12H18N4O3/c1-15(8-3-5-11(18)19)10(17)9-16(2)12-13-6-4-7-14-12/h4,6-7H,3,5,8-9H2,1-2H3,(H,18,19). The third kappa shape index (κ3) is 5.33. The van der Waals surface area contributed by atoms with Gasteiger partial charge in [0.15, 0.2) is 0 Å². The van der Waals surface area contributed by atoms with Gasteiger partial charge in [-0.1, -0.05) is 0 Å². The predicted octanol–water partition coefficient (Wildman–Crippen LogP) is 0.236. The lowest BCUT2D eigenvalue weighted by molar-refractivity contribution is -0.137. The summed E-state index contributed by atoms with van der Waals surface area (Å²) >= 11 is 0. The minimum Gasteiger partial charge on any atom is -0.481 e. The predicted molar refractivity (Wildman–Crippen MR) is 69.8 cm³/mol. The van der Waals surface area contributed by atoms with Crippen molar-refractivity contribution in [1.29, 1.82) is 0 Å². The number of hydrogen-bond acceptors (Lipinski definition) is 5. The molecule has 0 aromatic carbocycles. The first-order valence-corrected chi connectivity index (χ1v) is 5.94. The molecule has 0 aliphatic rings. The van der Waals surface area contributed by atoms with Crippen molar-refractivity contribution in [2.45, 2.75) is 12.8 Å². The summed E-state index contributed by atoms with van der Waals surface area (Å²) in [4.78, 5) is 33.5. The van der Waals surface area contributed by atoms with Gasteiger partial charge in [-0.2, -0.15) is 0 Å². The van der Waals surface area contributed by atoms with Crippen molar-refractivity contribution >= 4 is 17.8 Å². The normalized spacial score (nSPS) is 10.0. The van der Waals surface area contributed by atoms with Gasteiger partial charge in [-0.3, -0.25) is 9.59 Å². The second-order valence-electron chi connectivity index (χ2n) is 4.22. The molecule has 1 heterocycles. The van der Waals surface area contributed by atoms with E-state index in [0.717, 1.165) is 0 Å². The number of carboxylic acid groups (broad SMARTS) is 1. The van der Waals surface area contributed by atoms with Crippen LogP contribution in [0.15, 0.2) is 18.5 Å². The van der Waals surface area contributed by atoms with E-state index in [-0.39, 0.29) is 18.9 Å². The quantitative estimate of drug-likeness (QED) is 0.760. The van der Waals surface area contributed by atoms with Crippen LogP contribution in [-0.2, 0) is 9.59 Å². The molecule has 0 spiro atoms. The number of nitrogens with zero attached hydrogens (tertiary/aromatic N) is 4. The second kappa shape index (κ2) is 7.30. The van der Waals surface area contributed by atoms with Crippen LogP contribution in [0.1, 0.15) is 12.8 Å². The number of carbonyl (C=O) groups is 2. The first-order chi connectivity index (χ1) is 9.00. The Morgan fingerprint density at radius 2 is 1.89 bits per heavy atom. The summed E-state index contributed by atoms with van der Waals surface area (Å²) in [6, 6.07) is 1.71. The van der Waals surface area contributed by atoms with E-state index in [0.29, 0.717) is 18.9 Å². The van der Waals surface area contributed by atoms with E-state index in [1.807, 2.05) is 0 Å². The molecular formula is C12H18N4O3. The van der Waals surface area contributed by atoms with Crippen molar-refractivity contribution in [1.82, 2.24) is 14.9 Å². The summed E-state index contributed by atoms with van der Waals surface area (Å²) in [5.41, 5.74) is 0. The van der Waals surface area contributed by atoms with Crippen molar-refractivity contribution in [3.63, 3.8) is 0 Å². The molecule has 0 aliphatic carbocycles. The van der Waals surface area contributed by atoms with Gasteiger partial charge >= 0.3 is 5.97 Å². The summed E-state index contributed by atoms with van der Waals surface area (Å²) in [7, 11) is 3.39. The van der Waals surface area contributed by atoms with Gasteiger partial charge in [0.25, 0.3) is 0 Å². The molecule has 0 saturated heterocycles. The van der Waals surface area contributed by atoms with Crippen LogP contribution in [0.5, 0.6) is 0 Å². The molecule has 0 atom stereocenters. The van der Waals surface area contributed by atoms with Crippen molar-refractivity contribution in [2.75, 3.05) is 32.1 Å². The molecule has 0 unspecified atom stereocenters. The number of aliphatic carboxylic acids is 1. The highest BCUT2D eigenvalue weighted by molar-refractivity contribution is 5.80. The molecule has 1 aromatic heterocycles. The molecular weight excluding hydrogens is 248 g/mol. The van der Waals surface area contributed by atoms with Gasteiger partial charge < -0.3 is 14.9 Å². The van der Waals surface area contributed by atoms with E-state index in [1.165, 1.54) is 4.90 Å². The highest BCUT2D eigenvalue weighted by Crippen LogP contribution is 2.02. The lowest BCUT2D eigenvalue weighted by atomic mass is 10.3. The van der Waals surface area contributed by atoms with Crippen molar-refractivity contribution in [2.24, 2.45) is 0 Å². The maximum atomic E-state index is 11.9. The van der Waals surface area contributed by atoms with Crippen LogP contribution in [0.2, 0.25) is 0 Å². The molecule has 0 aliphatic heterocycles. The van der Waals surface area contributed by atoms with Crippen LogP contribution >= 0.6 is 0 Å². The van der Waals surface area contributed by atoms with Crippen molar-refractivity contribution < 1.29 is 14.7 Å². The highest BCUT2D eigenvalue weighted by Gasteiger charge is 2.13. The molecule has 1 rings (SSSR count). The summed E-state index contributed by atoms with van der Waals surface area (Å²) in [6.07, 6.45) is 3.73. The Morgan fingerprint density at radius 3 is 2.47 bits per heavy atom. The molecule has 7 heteroatoms. The van der Waals surface area contributed by atoms with Gasteiger partial charge in [-0.25, -0.2) is 9.97 Å². The molecule has 0 bridgehead atoms. The van der Waals surface area contributed by atoms with Gasteiger partial charge in [-0.15, -0.1) is 0 Å². The van der Waals surface area contributed by atoms with Crippen LogP contribution in [0.3, 0.4) is 0 Å². The van der Waals surface area contributed by atoms with Crippen LogP contribution < -0.4 is 4.90 Å². The fourth-order valence-electron chi connectivity index (χ4n) is 1.47. The summed E-state index contributed by atoms with van der Waals surface area (Å²) in [6.45, 7) is 0.586. The average Bonchev–Trinajstić information content (AvgIpc) is 2.39. The largest absolute Gasteiger partial charge is 0.481 e. The first-order valence-electron chi connectivity index (χ1n) is 5.94. The minimum atomic E-state index is -0.851. The van der Waals surface area contributed by atoms with Crippen molar-refractivity contribution in [3.8, 4) is 0 Å². The molecule has 1 aromatic rings. The fourth-order valence-corrected chi connectivity index (χ4v) is 1.47. The van der Waals surface area contributed by atoms with Crippen LogP contribution in [0.25, 0.3) is 0 Å². The summed E-state index contributed by atoms with van der Waals surface area (Å²) in [5, 5.41) is 8.53. The third-order valence-electron chi connectivity index (χ3n) is 2.58. The number of anilines is 1. The lowest BCUT2D eigenvalue weighted by Crippen LogP contribution is -2.37. The second-order valence-corrected chi connectivity index (χ2v) is 4.22. The number of aromatic nitrogens is 2. The molecule has 0 radical (unpaired) electrons. The van der Waals surface area contributed by atoms with E-state index in [1.54, 1.807) is 37.5 Å². The topological polar surface area (TPSA) is 86.6 Å². The zero-order valence-electron chi connectivity index (χ0n) is 11.1. The van der Waals surface area contributed by atoms with E-state index < -0.39 is 5.97 Å². The van der Waals surface area contributed by atoms with E-state index in [9.17, 15) is 9.59 Å².